The molecule has 3 aromatic rings. The van der Waals surface area contributed by atoms with Crippen LogP contribution in [0.1, 0.15) is 35.5 Å². The van der Waals surface area contributed by atoms with E-state index in [0.717, 1.165) is 35.6 Å². The van der Waals surface area contributed by atoms with E-state index in [-0.39, 0.29) is 11.6 Å². The second kappa shape index (κ2) is 9.68. The molecule has 0 unspecified atom stereocenters. The lowest BCUT2D eigenvalue weighted by molar-refractivity contribution is 0.102. The van der Waals surface area contributed by atoms with Gasteiger partial charge in [0.2, 0.25) is 0 Å². The van der Waals surface area contributed by atoms with Crippen molar-refractivity contribution in [3.63, 3.8) is 0 Å². The van der Waals surface area contributed by atoms with Crippen LogP contribution in [0.4, 0.5) is 17.2 Å². The van der Waals surface area contributed by atoms with E-state index in [1.165, 1.54) is 0 Å². The maximum Gasteiger partial charge on any atom is 0.276 e. The molecule has 2 N–H and O–H groups in total. The average Bonchev–Trinajstić information content (AvgIpc) is 2.76. The summed E-state index contributed by atoms with van der Waals surface area (Å²) in [5.41, 5.74) is 4.37. The fourth-order valence-corrected chi connectivity index (χ4v) is 3.10. The quantitative estimate of drug-likeness (QED) is 0.594. The van der Waals surface area contributed by atoms with Crippen LogP contribution >= 0.6 is 0 Å². The zero-order chi connectivity index (χ0) is 20.6. The van der Waals surface area contributed by atoms with Gasteiger partial charge in [-0.05, 0) is 62.2 Å². The van der Waals surface area contributed by atoms with Crippen LogP contribution in [0.2, 0.25) is 0 Å². The van der Waals surface area contributed by atoms with Gasteiger partial charge in [0, 0.05) is 31.0 Å². The number of aromatic nitrogens is 2. The van der Waals surface area contributed by atoms with Gasteiger partial charge >= 0.3 is 0 Å². The first kappa shape index (κ1) is 20.3. The molecule has 0 fully saturated rings. The second-order valence-corrected chi connectivity index (χ2v) is 6.77. The number of aryl methyl sites for hydroxylation is 1. The van der Waals surface area contributed by atoms with Gasteiger partial charge in [-0.1, -0.05) is 30.3 Å². The number of amides is 1. The monoisotopic (exact) mass is 389 g/mol. The average molecular weight is 390 g/mol. The minimum atomic E-state index is -0.272. The molecule has 6 heteroatoms. The Kier molecular flexibility index (Phi) is 6.79. The summed E-state index contributed by atoms with van der Waals surface area (Å²) in [5, 5.41) is 14.3. The Bertz CT molecular complexity index is 937. The molecule has 0 aliphatic rings. The molecule has 3 rings (SSSR count). The first-order chi connectivity index (χ1) is 14.1. The van der Waals surface area contributed by atoms with Gasteiger partial charge in [0.1, 0.15) is 5.82 Å². The lowest BCUT2D eigenvalue weighted by Gasteiger charge is -2.22. The highest BCUT2D eigenvalue weighted by atomic mass is 16.1. The summed E-state index contributed by atoms with van der Waals surface area (Å²) in [6.07, 6.45) is 0. The van der Waals surface area contributed by atoms with Crippen LogP contribution in [0.5, 0.6) is 0 Å². The van der Waals surface area contributed by atoms with Crippen molar-refractivity contribution in [2.75, 3.05) is 28.6 Å². The molecule has 0 saturated heterocycles. The number of carbonyl (C=O) groups excluding carboxylic acids is 1. The normalized spacial score (nSPS) is 10.4. The van der Waals surface area contributed by atoms with Crippen LogP contribution < -0.4 is 15.5 Å². The highest BCUT2D eigenvalue weighted by molar-refractivity contribution is 6.03. The van der Waals surface area contributed by atoms with Gasteiger partial charge in [-0.3, -0.25) is 4.79 Å². The molecule has 29 heavy (non-hydrogen) atoms. The number of hydrogen-bond donors (Lipinski definition) is 2. The number of anilines is 3. The molecule has 0 radical (unpaired) electrons. The van der Waals surface area contributed by atoms with Gasteiger partial charge in [-0.15, -0.1) is 10.2 Å². The molecule has 0 aliphatic carbocycles. The van der Waals surface area contributed by atoms with Crippen molar-refractivity contribution in [1.82, 2.24) is 10.2 Å². The lowest BCUT2D eigenvalue weighted by atomic mass is 10.1. The summed E-state index contributed by atoms with van der Waals surface area (Å²) in [6.45, 7) is 8.80. The van der Waals surface area contributed by atoms with Crippen LogP contribution in [0.3, 0.4) is 0 Å². The maximum atomic E-state index is 12.5. The number of carbonyl (C=O) groups is 1. The zero-order valence-electron chi connectivity index (χ0n) is 17.1. The summed E-state index contributed by atoms with van der Waals surface area (Å²) in [4.78, 5) is 14.8. The Labute approximate surface area is 172 Å². The highest BCUT2D eigenvalue weighted by Crippen LogP contribution is 2.23. The topological polar surface area (TPSA) is 70.2 Å². The molecule has 6 nitrogen and oxygen atoms in total. The predicted molar refractivity (Wildman–Crippen MR) is 118 cm³/mol. The van der Waals surface area contributed by atoms with Crippen molar-refractivity contribution >= 4 is 23.1 Å². The Balaban J connectivity index is 1.62. The third-order valence-corrected chi connectivity index (χ3v) is 4.80. The summed E-state index contributed by atoms with van der Waals surface area (Å²) >= 11 is 0. The Morgan fingerprint density at radius 2 is 1.72 bits per heavy atom. The van der Waals surface area contributed by atoms with E-state index >= 15 is 0 Å². The number of hydrogen-bond acceptors (Lipinski definition) is 5. The van der Waals surface area contributed by atoms with Crippen molar-refractivity contribution in [3.05, 3.63) is 77.5 Å². The SMILES string of the molecule is CCN(CC)c1ccc(NC(=O)c2ccc(NCc3ccccc3)nn2)c(C)c1. The summed E-state index contributed by atoms with van der Waals surface area (Å²) in [5.74, 6) is 0.357. The van der Waals surface area contributed by atoms with Crippen LogP contribution in [-0.2, 0) is 6.54 Å². The largest absolute Gasteiger partial charge is 0.372 e. The molecule has 0 aliphatic heterocycles. The van der Waals surface area contributed by atoms with E-state index in [0.29, 0.717) is 12.4 Å². The van der Waals surface area contributed by atoms with E-state index in [1.807, 2.05) is 49.4 Å². The standard InChI is InChI=1S/C23H27N5O/c1-4-28(5-2)19-11-12-20(17(3)15-19)25-23(29)21-13-14-22(27-26-21)24-16-18-9-7-6-8-10-18/h6-15H,4-5,16H2,1-3H3,(H,24,27)(H,25,29). The number of rotatable bonds is 8. The molecule has 1 heterocycles. The first-order valence-corrected chi connectivity index (χ1v) is 9.89. The van der Waals surface area contributed by atoms with Gasteiger partial charge in [0.15, 0.2) is 5.69 Å². The molecule has 0 saturated carbocycles. The Hall–Kier alpha value is -3.41. The van der Waals surface area contributed by atoms with Crippen molar-refractivity contribution in [3.8, 4) is 0 Å². The molecule has 2 aromatic carbocycles. The molecule has 0 bridgehead atoms. The third-order valence-electron chi connectivity index (χ3n) is 4.80. The third kappa shape index (κ3) is 5.31. The van der Waals surface area contributed by atoms with Gasteiger partial charge in [-0.25, -0.2) is 0 Å². The van der Waals surface area contributed by atoms with Crippen LogP contribution in [0.25, 0.3) is 0 Å². The molecular formula is C23H27N5O. The second-order valence-electron chi connectivity index (χ2n) is 6.77. The predicted octanol–water partition coefficient (Wildman–Crippen LogP) is 4.50. The fourth-order valence-electron chi connectivity index (χ4n) is 3.10. The molecule has 0 atom stereocenters. The summed E-state index contributed by atoms with van der Waals surface area (Å²) in [6, 6.07) is 19.5. The van der Waals surface area contributed by atoms with Crippen molar-refractivity contribution in [2.24, 2.45) is 0 Å². The van der Waals surface area contributed by atoms with E-state index < -0.39 is 0 Å². The van der Waals surface area contributed by atoms with E-state index in [9.17, 15) is 4.79 Å². The minimum Gasteiger partial charge on any atom is -0.372 e. The Morgan fingerprint density at radius 3 is 2.34 bits per heavy atom. The van der Waals surface area contributed by atoms with Gasteiger partial charge < -0.3 is 15.5 Å². The fraction of sp³-hybridized carbons (Fsp3) is 0.261. The molecule has 150 valence electrons. The minimum absolute atomic E-state index is 0.272. The van der Waals surface area contributed by atoms with Gasteiger partial charge in [0.25, 0.3) is 5.91 Å². The number of benzene rings is 2. The van der Waals surface area contributed by atoms with Gasteiger partial charge in [0.05, 0.1) is 0 Å². The van der Waals surface area contributed by atoms with Crippen molar-refractivity contribution < 1.29 is 4.79 Å². The molecule has 1 aromatic heterocycles. The summed E-state index contributed by atoms with van der Waals surface area (Å²) in [7, 11) is 0. The van der Waals surface area contributed by atoms with E-state index in [1.54, 1.807) is 12.1 Å². The first-order valence-electron chi connectivity index (χ1n) is 9.89. The van der Waals surface area contributed by atoms with Crippen LogP contribution in [0.15, 0.2) is 60.7 Å². The van der Waals surface area contributed by atoms with Crippen LogP contribution in [0, 0.1) is 6.92 Å². The van der Waals surface area contributed by atoms with Crippen molar-refractivity contribution in [1.29, 1.82) is 0 Å². The maximum absolute atomic E-state index is 12.5. The number of nitrogens with zero attached hydrogens (tertiary/aromatic N) is 3. The number of nitrogens with one attached hydrogen (secondary N) is 2. The van der Waals surface area contributed by atoms with E-state index in [2.05, 4.69) is 45.6 Å². The van der Waals surface area contributed by atoms with E-state index in [4.69, 9.17) is 0 Å². The van der Waals surface area contributed by atoms with Crippen LogP contribution in [-0.4, -0.2) is 29.2 Å². The smallest absolute Gasteiger partial charge is 0.276 e. The highest BCUT2D eigenvalue weighted by Gasteiger charge is 2.11. The zero-order valence-corrected chi connectivity index (χ0v) is 17.1. The summed E-state index contributed by atoms with van der Waals surface area (Å²) < 4.78 is 0. The van der Waals surface area contributed by atoms with Crippen molar-refractivity contribution in [2.45, 2.75) is 27.3 Å². The lowest BCUT2D eigenvalue weighted by Crippen LogP contribution is -2.22. The molecular weight excluding hydrogens is 362 g/mol. The van der Waals surface area contributed by atoms with Gasteiger partial charge in [-0.2, -0.15) is 0 Å². The molecule has 1 amide bonds. The molecule has 0 spiro atoms. The Morgan fingerprint density at radius 1 is 0.966 bits per heavy atom.